The smallest absolute Gasteiger partial charge is 0.336 e. The number of nitrogens with zero attached hydrogens (tertiary/aromatic N) is 2. The first-order valence-electron chi connectivity index (χ1n) is 5.11. The Morgan fingerprint density at radius 3 is 2.88 bits per heavy atom. The van der Waals surface area contributed by atoms with Crippen LogP contribution in [0, 0.1) is 0 Å². The molecule has 3 rings (SSSR count). The molecule has 0 bridgehead atoms. The fourth-order valence-corrected chi connectivity index (χ4v) is 1.83. The second-order valence-electron chi connectivity index (χ2n) is 3.67. The Kier molecular flexibility index (Phi) is 1.98. The summed E-state index contributed by atoms with van der Waals surface area (Å²) in [7, 11) is 0. The molecule has 1 aromatic carbocycles. The molecule has 0 atom stereocenters. The van der Waals surface area contributed by atoms with Gasteiger partial charge in [0.25, 0.3) is 0 Å². The second kappa shape index (κ2) is 3.48. The third-order valence-corrected chi connectivity index (χ3v) is 2.61. The van der Waals surface area contributed by atoms with Crippen LogP contribution in [-0.4, -0.2) is 25.7 Å². The number of rotatable bonds is 2. The Hall–Kier alpha value is -2.56. The van der Waals surface area contributed by atoms with Crippen molar-refractivity contribution in [2.75, 3.05) is 0 Å². The molecule has 0 unspecified atom stereocenters. The van der Waals surface area contributed by atoms with E-state index in [1.54, 1.807) is 41.2 Å². The summed E-state index contributed by atoms with van der Waals surface area (Å²) in [5.41, 5.74) is 2.29. The third-order valence-electron chi connectivity index (χ3n) is 2.61. The van der Waals surface area contributed by atoms with Crippen LogP contribution in [0.1, 0.15) is 10.4 Å². The van der Waals surface area contributed by atoms with Crippen LogP contribution in [0.3, 0.4) is 0 Å². The first-order chi connectivity index (χ1) is 8.25. The molecule has 0 spiro atoms. The van der Waals surface area contributed by atoms with Crippen molar-refractivity contribution in [1.29, 1.82) is 0 Å². The molecule has 2 heterocycles. The van der Waals surface area contributed by atoms with Crippen LogP contribution in [0.4, 0.5) is 0 Å². The predicted molar refractivity (Wildman–Crippen MR) is 61.9 cm³/mol. The maximum atomic E-state index is 11.1. The topological polar surface area (TPSA) is 70.4 Å². The molecule has 0 saturated heterocycles. The SMILES string of the molecule is O=C(O)c1ccccc1-c1cn2[nH]ccc2n1. The van der Waals surface area contributed by atoms with Gasteiger partial charge in [0.05, 0.1) is 17.5 Å². The summed E-state index contributed by atoms with van der Waals surface area (Å²) in [4.78, 5) is 15.5. The molecule has 0 aliphatic rings. The summed E-state index contributed by atoms with van der Waals surface area (Å²) in [6.45, 7) is 0. The van der Waals surface area contributed by atoms with Gasteiger partial charge < -0.3 is 10.2 Å². The number of hydrogen-bond donors (Lipinski definition) is 2. The van der Waals surface area contributed by atoms with Crippen molar-refractivity contribution < 1.29 is 9.90 Å². The van der Waals surface area contributed by atoms with Crippen molar-refractivity contribution in [3.8, 4) is 11.3 Å². The van der Waals surface area contributed by atoms with Crippen LogP contribution in [0.2, 0.25) is 0 Å². The Labute approximate surface area is 96.3 Å². The van der Waals surface area contributed by atoms with Gasteiger partial charge in [-0.2, -0.15) is 0 Å². The molecule has 2 aromatic heterocycles. The molecule has 0 aliphatic carbocycles. The largest absolute Gasteiger partial charge is 0.478 e. The highest BCUT2D eigenvalue weighted by molar-refractivity contribution is 5.95. The minimum absolute atomic E-state index is 0.258. The highest BCUT2D eigenvalue weighted by Gasteiger charge is 2.13. The standard InChI is InChI=1S/C12H9N3O2/c16-12(17)9-4-2-1-3-8(9)10-7-15-11(14-10)5-6-13-15/h1-7,13H,(H,16,17). The average Bonchev–Trinajstić information content (AvgIpc) is 2.88. The van der Waals surface area contributed by atoms with Crippen molar-refractivity contribution in [3.05, 3.63) is 48.3 Å². The molecule has 0 fully saturated rings. The number of hydrogen-bond acceptors (Lipinski definition) is 2. The number of H-pyrrole nitrogens is 1. The van der Waals surface area contributed by atoms with Gasteiger partial charge in [0.1, 0.15) is 0 Å². The number of nitrogens with one attached hydrogen (secondary N) is 1. The molecule has 3 aromatic rings. The number of carboxylic acid groups (broad SMARTS) is 1. The first kappa shape index (κ1) is 9.65. The second-order valence-corrected chi connectivity index (χ2v) is 3.67. The van der Waals surface area contributed by atoms with Gasteiger partial charge in [-0.25, -0.2) is 14.3 Å². The van der Waals surface area contributed by atoms with E-state index < -0.39 is 5.97 Å². The molecule has 2 N–H and O–H groups in total. The third kappa shape index (κ3) is 1.48. The van der Waals surface area contributed by atoms with E-state index in [1.165, 1.54) is 0 Å². The number of carboxylic acids is 1. The van der Waals surface area contributed by atoms with E-state index in [4.69, 9.17) is 5.11 Å². The van der Waals surface area contributed by atoms with E-state index >= 15 is 0 Å². The minimum Gasteiger partial charge on any atom is -0.478 e. The van der Waals surface area contributed by atoms with Gasteiger partial charge in [-0.3, -0.25) is 0 Å². The van der Waals surface area contributed by atoms with Crippen LogP contribution >= 0.6 is 0 Å². The lowest BCUT2D eigenvalue weighted by Crippen LogP contribution is -1.99. The molecule has 0 radical (unpaired) electrons. The lowest BCUT2D eigenvalue weighted by Gasteiger charge is -2.01. The van der Waals surface area contributed by atoms with Crippen molar-refractivity contribution in [2.45, 2.75) is 0 Å². The number of aromatic nitrogens is 3. The fourth-order valence-electron chi connectivity index (χ4n) is 1.83. The summed E-state index contributed by atoms with van der Waals surface area (Å²) >= 11 is 0. The van der Waals surface area contributed by atoms with Crippen molar-refractivity contribution in [3.63, 3.8) is 0 Å². The minimum atomic E-state index is -0.947. The predicted octanol–water partition coefficient (Wildman–Crippen LogP) is 2.03. The summed E-state index contributed by atoms with van der Waals surface area (Å²) in [5.74, 6) is -0.947. The molecule has 84 valence electrons. The number of imidazole rings is 1. The van der Waals surface area contributed by atoms with Crippen LogP contribution < -0.4 is 0 Å². The maximum absolute atomic E-state index is 11.1. The van der Waals surface area contributed by atoms with Crippen LogP contribution in [0.25, 0.3) is 16.9 Å². The van der Waals surface area contributed by atoms with E-state index in [1.807, 2.05) is 6.07 Å². The van der Waals surface area contributed by atoms with Crippen LogP contribution in [0.15, 0.2) is 42.7 Å². The molecule has 5 heteroatoms. The summed E-state index contributed by atoms with van der Waals surface area (Å²) in [5, 5.41) is 12.1. The van der Waals surface area contributed by atoms with Gasteiger partial charge >= 0.3 is 5.97 Å². The number of aromatic amines is 1. The Morgan fingerprint density at radius 2 is 2.12 bits per heavy atom. The zero-order valence-corrected chi connectivity index (χ0v) is 8.79. The molecular weight excluding hydrogens is 218 g/mol. The zero-order valence-electron chi connectivity index (χ0n) is 8.79. The van der Waals surface area contributed by atoms with Crippen molar-refractivity contribution >= 4 is 11.6 Å². The van der Waals surface area contributed by atoms with Crippen LogP contribution in [0.5, 0.6) is 0 Å². The Balaban J connectivity index is 2.21. The Morgan fingerprint density at radius 1 is 1.29 bits per heavy atom. The summed E-state index contributed by atoms with van der Waals surface area (Å²) in [6.07, 6.45) is 3.55. The molecule has 17 heavy (non-hydrogen) atoms. The van der Waals surface area contributed by atoms with Gasteiger partial charge in [0, 0.05) is 17.8 Å². The number of fused-ring (bicyclic) bond motifs is 1. The highest BCUT2D eigenvalue weighted by Crippen LogP contribution is 2.22. The quantitative estimate of drug-likeness (QED) is 0.703. The number of carbonyl (C=O) groups is 1. The van der Waals surface area contributed by atoms with Gasteiger partial charge in [0.15, 0.2) is 5.65 Å². The maximum Gasteiger partial charge on any atom is 0.336 e. The van der Waals surface area contributed by atoms with E-state index in [9.17, 15) is 4.79 Å². The van der Waals surface area contributed by atoms with E-state index in [0.29, 0.717) is 11.3 Å². The van der Waals surface area contributed by atoms with E-state index in [2.05, 4.69) is 10.1 Å². The fraction of sp³-hybridized carbons (Fsp3) is 0. The molecule has 5 nitrogen and oxygen atoms in total. The molecule has 0 aliphatic heterocycles. The van der Waals surface area contributed by atoms with Gasteiger partial charge in [-0.05, 0) is 6.07 Å². The monoisotopic (exact) mass is 227 g/mol. The normalized spacial score (nSPS) is 10.8. The summed E-state index contributed by atoms with van der Waals surface area (Å²) < 4.78 is 1.74. The summed E-state index contributed by atoms with van der Waals surface area (Å²) in [6, 6.07) is 8.66. The van der Waals surface area contributed by atoms with Crippen LogP contribution in [-0.2, 0) is 0 Å². The lowest BCUT2D eigenvalue weighted by atomic mass is 10.1. The molecular formula is C12H9N3O2. The zero-order chi connectivity index (χ0) is 11.8. The number of aromatic carboxylic acids is 1. The number of benzene rings is 1. The average molecular weight is 227 g/mol. The molecule has 0 saturated carbocycles. The van der Waals surface area contributed by atoms with Gasteiger partial charge in [-0.15, -0.1) is 0 Å². The van der Waals surface area contributed by atoms with E-state index in [-0.39, 0.29) is 5.56 Å². The van der Waals surface area contributed by atoms with Gasteiger partial charge in [0.2, 0.25) is 0 Å². The molecule has 0 amide bonds. The van der Waals surface area contributed by atoms with Crippen molar-refractivity contribution in [2.24, 2.45) is 0 Å². The highest BCUT2D eigenvalue weighted by atomic mass is 16.4. The van der Waals surface area contributed by atoms with Gasteiger partial charge in [-0.1, -0.05) is 18.2 Å². The first-order valence-corrected chi connectivity index (χ1v) is 5.11. The Bertz CT molecular complexity index is 668. The van der Waals surface area contributed by atoms with Crippen molar-refractivity contribution in [1.82, 2.24) is 14.6 Å². The van der Waals surface area contributed by atoms with E-state index in [0.717, 1.165) is 5.65 Å². The lowest BCUT2D eigenvalue weighted by molar-refractivity contribution is 0.0697.